The zero-order valence-electron chi connectivity index (χ0n) is 9.67. The van der Waals surface area contributed by atoms with Crippen molar-refractivity contribution in [3.63, 3.8) is 0 Å². The molecular formula is C12H18BrClOS. The van der Waals surface area contributed by atoms with Crippen LogP contribution < -0.4 is 0 Å². The van der Waals surface area contributed by atoms with E-state index < -0.39 is 0 Å². The maximum Gasteiger partial charge on any atom is 0.107 e. The second kappa shape index (κ2) is 7.00. The van der Waals surface area contributed by atoms with Crippen LogP contribution >= 0.6 is 38.9 Å². The van der Waals surface area contributed by atoms with Crippen LogP contribution in [-0.4, -0.2) is 5.11 Å². The minimum absolute atomic E-state index is 0.349. The van der Waals surface area contributed by atoms with Crippen LogP contribution in [0.25, 0.3) is 0 Å². The smallest absolute Gasteiger partial charge is 0.107 e. The maximum absolute atomic E-state index is 10.3. The van der Waals surface area contributed by atoms with Gasteiger partial charge in [0.25, 0.3) is 0 Å². The molecule has 0 saturated carbocycles. The van der Waals surface area contributed by atoms with Crippen molar-refractivity contribution in [3.05, 3.63) is 19.8 Å². The van der Waals surface area contributed by atoms with Gasteiger partial charge in [-0.2, -0.15) is 0 Å². The summed E-state index contributed by atoms with van der Waals surface area (Å²) in [5.74, 6) is 0.349. The van der Waals surface area contributed by atoms with Crippen molar-refractivity contribution in [3.8, 4) is 0 Å². The van der Waals surface area contributed by atoms with Crippen molar-refractivity contribution in [2.75, 3.05) is 0 Å². The first-order valence-electron chi connectivity index (χ1n) is 5.72. The minimum Gasteiger partial charge on any atom is -0.387 e. The van der Waals surface area contributed by atoms with Crippen molar-refractivity contribution in [1.82, 2.24) is 0 Å². The monoisotopic (exact) mass is 324 g/mol. The van der Waals surface area contributed by atoms with E-state index in [0.29, 0.717) is 5.92 Å². The van der Waals surface area contributed by atoms with Gasteiger partial charge in [0.1, 0.15) is 4.34 Å². The van der Waals surface area contributed by atoms with Crippen LogP contribution in [0.4, 0.5) is 0 Å². The third kappa shape index (κ3) is 3.73. The summed E-state index contributed by atoms with van der Waals surface area (Å²) in [5.41, 5.74) is 0. The lowest BCUT2D eigenvalue weighted by atomic mass is 9.92. The van der Waals surface area contributed by atoms with Crippen molar-refractivity contribution < 1.29 is 5.11 Å². The third-order valence-corrected chi connectivity index (χ3v) is 5.40. The van der Waals surface area contributed by atoms with Crippen LogP contribution in [0.15, 0.2) is 10.5 Å². The normalized spacial score (nSPS) is 15.1. The molecule has 0 aromatic carbocycles. The molecule has 4 heteroatoms. The first-order valence-corrected chi connectivity index (χ1v) is 7.71. The Labute approximate surface area is 115 Å². The number of aliphatic hydroxyl groups is 1. The zero-order valence-corrected chi connectivity index (χ0v) is 12.8. The Morgan fingerprint density at radius 3 is 2.62 bits per heavy atom. The van der Waals surface area contributed by atoms with Gasteiger partial charge in [0.05, 0.1) is 6.10 Å². The highest BCUT2D eigenvalue weighted by atomic mass is 79.9. The van der Waals surface area contributed by atoms with E-state index in [1.54, 1.807) is 0 Å². The Balaban J connectivity index is 2.70. The maximum atomic E-state index is 10.3. The van der Waals surface area contributed by atoms with Gasteiger partial charge in [0.2, 0.25) is 0 Å². The lowest BCUT2D eigenvalue weighted by Crippen LogP contribution is -2.10. The molecule has 1 rings (SSSR count). The van der Waals surface area contributed by atoms with Crippen molar-refractivity contribution in [2.45, 2.75) is 45.6 Å². The average molecular weight is 326 g/mol. The van der Waals surface area contributed by atoms with E-state index in [-0.39, 0.29) is 6.10 Å². The van der Waals surface area contributed by atoms with Gasteiger partial charge >= 0.3 is 0 Å². The van der Waals surface area contributed by atoms with E-state index in [9.17, 15) is 5.11 Å². The number of aliphatic hydroxyl groups excluding tert-OH is 1. The molecule has 0 aliphatic carbocycles. The lowest BCUT2D eigenvalue weighted by molar-refractivity contribution is 0.102. The molecule has 16 heavy (non-hydrogen) atoms. The summed E-state index contributed by atoms with van der Waals surface area (Å²) < 4.78 is 1.61. The van der Waals surface area contributed by atoms with Gasteiger partial charge in [0, 0.05) is 9.35 Å². The fraction of sp³-hybridized carbons (Fsp3) is 0.667. The van der Waals surface area contributed by atoms with Gasteiger partial charge < -0.3 is 5.11 Å². The number of unbranched alkanes of at least 4 members (excludes halogenated alkanes) is 1. The summed E-state index contributed by atoms with van der Waals surface area (Å²) in [6.07, 6.45) is 4.08. The highest BCUT2D eigenvalue weighted by Gasteiger charge is 2.21. The minimum atomic E-state index is -0.370. The number of hydrogen-bond donors (Lipinski definition) is 1. The summed E-state index contributed by atoms with van der Waals surface area (Å²) >= 11 is 10.8. The molecule has 0 aliphatic rings. The third-order valence-electron chi connectivity index (χ3n) is 2.86. The molecule has 0 aliphatic heterocycles. The summed E-state index contributed by atoms with van der Waals surface area (Å²) in [4.78, 5) is 0.972. The van der Waals surface area contributed by atoms with Crippen LogP contribution in [0, 0.1) is 5.92 Å². The fourth-order valence-electron chi connectivity index (χ4n) is 1.79. The molecule has 1 heterocycles. The molecule has 2 unspecified atom stereocenters. The molecule has 1 nitrogen and oxygen atoms in total. The lowest BCUT2D eigenvalue weighted by Gasteiger charge is -2.20. The van der Waals surface area contributed by atoms with E-state index in [0.717, 1.165) is 26.5 Å². The molecule has 0 bridgehead atoms. The molecule has 2 atom stereocenters. The Bertz CT molecular complexity index is 307. The molecule has 1 aromatic heterocycles. The predicted molar refractivity (Wildman–Crippen MR) is 75.3 cm³/mol. The van der Waals surface area contributed by atoms with Crippen LogP contribution in [0.1, 0.15) is 50.5 Å². The first kappa shape index (κ1) is 14.5. The second-order valence-corrected chi connectivity index (χ2v) is 6.57. The Kier molecular flexibility index (Phi) is 6.34. The standard InChI is InChI=1S/C12H18BrClOS/c1-3-5-6-8(4-2)11(15)10-7-9(13)12(14)16-10/h7-8,11,15H,3-6H2,1-2H3. The Hall–Kier alpha value is 0.430. The van der Waals surface area contributed by atoms with Gasteiger partial charge in [-0.25, -0.2) is 0 Å². The van der Waals surface area contributed by atoms with Crippen LogP contribution in [0.5, 0.6) is 0 Å². The molecular weight excluding hydrogens is 308 g/mol. The van der Waals surface area contributed by atoms with E-state index in [2.05, 4.69) is 29.8 Å². The topological polar surface area (TPSA) is 20.2 Å². The predicted octanol–water partition coefficient (Wildman–Crippen LogP) is 5.41. The Morgan fingerprint density at radius 2 is 2.19 bits per heavy atom. The van der Waals surface area contributed by atoms with Crippen molar-refractivity contribution in [1.29, 1.82) is 0 Å². The van der Waals surface area contributed by atoms with Crippen molar-refractivity contribution in [2.24, 2.45) is 5.92 Å². The van der Waals surface area contributed by atoms with E-state index in [4.69, 9.17) is 11.6 Å². The Morgan fingerprint density at radius 1 is 1.50 bits per heavy atom. The van der Waals surface area contributed by atoms with E-state index in [1.165, 1.54) is 24.2 Å². The first-order chi connectivity index (χ1) is 7.60. The summed E-state index contributed by atoms with van der Waals surface area (Å²) in [7, 11) is 0. The summed E-state index contributed by atoms with van der Waals surface area (Å²) in [6.45, 7) is 4.31. The number of rotatable bonds is 6. The highest BCUT2D eigenvalue weighted by Crippen LogP contribution is 2.39. The summed E-state index contributed by atoms with van der Waals surface area (Å²) in [6, 6.07) is 1.94. The van der Waals surface area contributed by atoms with Crippen LogP contribution in [-0.2, 0) is 0 Å². The second-order valence-electron chi connectivity index (χ2n) is 4.03. The molecule has 0 spiro atoms. The summed E-state index contributed by atoms with van der Waals surface area (Å²) in [5, 5.41) is 10.3. The molecule has 0 radical (unpaired) electrons. The zero-order chi connectivity index (χ0) is 12.1. The fourth-order valence-corrected chi connectivity index (χ4v) is 3.61. The molecule has 1 N–H and O–H groups in total. The highest BCUT2D eigenvalue weighted by molar-refractivity contribution is 9.10. The number of hydrogen-bond acceptors (Lipinski definition) is 2. The SMILES string of the molecule is CCCCC(CC)C(O)c1cc(Br)c(Cl)s1. The largest absolute Gasteiger partial charge is 0.387 e. The number of halogens is 2. The quantitative estimate of drug-likeness (QED) is 0.741. The molecule has 0 amide bonds. The van der Waals surface area contributed by atoms with Crippen LogP contribution in [0.3, 0.4) is 0 Å². The number of thiophene rings is 1. The van der Waals surface area contributed by atoms with Gasteiger partial charge in [-0.15, -0.1) is 11.3 Å². The molecule has 92 valence electrons. The van der Waals surface area contributed by atoms with Gasteiger partial charge in [0.15, 0.2) is 0 Å². The van der Waals surface area contributed by atoms with Gasteiger partial charge in [-0.1, -0.05) is 44.7 Å². The van der Waals surface area contributed by atoms with Crippen molar-refractivity contribution >= 4 is 38.9 Å². The molecule has 1 aromatic rings. The van der Waals surface area contributed by atoms with E-state index in [1.807, 2.05) is 6.07 Å². The average Bonchev–Trinajstić information content (AvgIpc) is 2.60. The molecule has 0 fully saturated rings. The van der Waals surface area contributed by atoms with Gasteiger partial charge in [-0.05, 0) is 34.3 Å². The van der Waals surface area contributed by atoms with Gasteiger partial charge in [-0.3, -0.25) is 0 Å². The van der Waals surface area contributed by atoms with E-state index >= 15 is 0 Å². The molecule has 0 saturated heterocycles. The van der Waals surface area contributed by atoms with Crippen LogP contribution in [0.2, 0.25) is 4.34 Å².